The van der Waals surface area contributed by atoms with E-state index in [2.05, 4.69) is 36.6 Å². The van der Waals surface area contributed by atoms with Crippen LogP contribution in [0.3, 0.4) is 0 Å². The first kappa shape index (κ1) is 20.0. The van der Waals surface area contributed by atoms with Crippen molar-refractivity contribution in [2.24, 2.45) is 11.3 Å². The first-order valence-corrected chi connectivity index (χ1v) is 7.22. The van der Waals surface area contributed by atoms with E-state index in [1.807, 2.05) is 0 Å². The van der Waals surface area contributed by atoms with Gasteiger partial charge in [0.2, 0.25) is 5.91 Å². The van der Waals surface area contributed by atoms with Gasteiger partial charge in [0.25, 0.3) is 0 Å². The lowest BCUT2D eigenvalue weighted by Crippen LogP contribution is -2.50. The summed E-state index contributed by atoms with van der Waals surface area (Å²) in [6, 6.07) is 0.391. The van der Waals surface area contributed by atoms with Crippen LogP contribution in [0.2, 0.25) is 0 Å². The second-order valence-corrected chi connectivity index (χ2v) is 6.25. The Kier molecular flexibility index (Phi) is 8.41. The molecule has 1 heterocycles. The molecule has 0 aromatic carbocycles. The number of halogens is 2. The van der Waals surface area contributed by atoms with Gasteiger partial charge in [-0.05, 0) is 46.3 Å². The predicted molar refractivity (Wildman–Crippen MR) is 87.9 cm³/mol. The van der Waals surface area contributed by atoms with E-state index in [1.165, 1.54) is 19.3 Å². The molecule has 2 N–H and O–H groups in total. The van der Waals surface area contributed by atoms with Gasteiger partial charge in [-0.15, -0.1) is 24.8 Å². The molecule has 0 radical (unpaired) electrons. The van der Waals surface area contributed by atoms with Crippen LogP contribution >= 0.6 is 24.8 Å². The van der Waals surface area contributed by atoms with Crippen molar-refractivity contribution in [3.8, 4) is 0 Å². The fourth-order valence-corrected chi connectivity index (χ4v) is 3.29. The SMILES string of the molecule is CC(CNC(=O)[C@@]12CCCC[C@H]1CNC2)N(C)C.Cl.Cl. The van der Waals surface area contributed by atoms with Gasteiger partial charge in [-0.3, -0.25) is 4.79 Å². The average Bonchev–Trinajstić information content (AvgIpc) is 2.80. The number of nitrogens with zero attached hydrogens (tertiary/aromatic N) is 1. The van der Waals surface area contributed by atoms with E-state index in [0.29, 0.717) is 12.0 Å². The Hall–Kier alpha value is -0.0300. The molecule has 1 saturated heterocycles. The number of carbonyl (C=O) groups is 1. The van der Waals surface area contributed by atoms with Gasteiger partial charge in [0, 0.05) is 19.1 Å². The van der Waals surface area contributed by atoms with Gasteiger partial charge in [-0.25, -0.2) is 0 Å². The van der Waals surface area contributed by atoms with E-state index >= 15 is 0 Å². The number of fused-ring (bicyclic) bond motifs is 1. The zero-order chi connectivity index (χ0) is 13.2. The first-order chi connectivity index (χ1) is 8.56. The summed E-state index contributed by atoms with van der Waals surface area (Å²) in [4.78, 5) is 14.7. The van der Waals surface area contributed by atoms with Crippen LogP contribution < -0.4 is 10.6 Å². The molecule has 0 spiro atoms. The van der Waals surface area contributed by atoms with Crippen LogP contribution in [0, 0.1) is 11.3 Å². The highest BCUT2D eigenvalue weighted by Crippen LogP contribution is 2.43. The summed E-state index contributed by atoms with van der Waals surface area (Å²) in [7, 11) is 4.10. The van der Waals surface area contributed by atoms with Gasteiger partial charge in [-0.1, -0.05) is 12.8 Å². The maximum atomic E-state index is 12.6. The third kappa shape index (κ3) is 4.00. The van der Waals surface area contributed by atoms with Crippen LogP contribution in [0.4, 0.5) is 0 Å². The summed E-state index contributed by atoms with van der Waals surface area (Å²) in [5, 5.41) is 6.60. The van der Waals surface area contributed by atoms with Gasteiger partial charge in [0.15, 0.2) is 0 Å². The number of amides is 1. The number of nitrogens with one attached hydrogen (secondary N) is 2. The molecule has 0 aromatic heterocycles. The second kappa shape index (κ2) is 8.42. The van der Waals surface area contributed by atoms with Crippen LogP contribution in [-0.2, 0) is 4.79 Å². The smallest absolute Gasteiger partial charge is 0.227 e. The Morgan fingerprint density at radius 2 is 2.10 bits per heavy atom. The minimum atomic E-state index is -0.107. The molecular weight excluding hydrogens is 297 g/mol. The molecule has 0 aromatic rings. The van der Waals surface area contributed by atoms with Gasteiger partial charge in [0.05, 0.1) is 5.41 Å². The minimum Gasteiger partial charge on any atom is -0.354 e. The molecule has 6 heteroatoms. The highest BCUT2D eigenvalue weighted by Gasteiger charge is 2.49. The molecule has 4 nitrogen and oxygen atoms in total. The highest BCUT2D eigenvalue weighted by molar-refractivity contribution is 5.85. The number of carbonyl (C=O) groups excluding carboxylic acids is 1. The molecule has 0 bridgehead atoms. The lowest BCUT2D eigenvalue weighted by atomic mass is 9.67. The van der Waals surface area contributed by atoms with Gasteiger partial charge in [-0.2, -0.15) is 0 Å². The third-order valence-corrected chi connectivity index (χ3v) is 4.93. The lowest BCUT2D eigenvalue weighted by molar-refractivity contribution is -0.134. The predicted octanol–water partition coefficient (Wildman–Crippen LogP) is 1.68. The minimum absolute atomic E-state index is 0. The van der Waals surface area contributed by atoms with E-state index in [4.69, 9.17) is 0 Å². The quantitative estimate of drug-likeness (QED) is 0.826. The molecule has 120 valence electrons. The second-order valence-electron chi connectivity index (χ2n) is 6.25. The molecule has 2 rings (SSSR count). The number of rotatable bonds is 4. The lowest BCUT2D eigenvalue weighted by Gasteiger charge is -2.37. The topological polar surface area (TPSA) is 44.4 Å². The maximum Gasteiger partial charge on any atom is 0.227 e. The van der Waals surface area contributed by atoms with Gasteiger partial charge in [0.1, 0.15) is 0 Å². The van der Waals surface area contributed by atoms with Crippen molar-refractivity contribution in [2.75, 3.05) is 33.7 Å². The van der Waals surface area contributed by atoms with Gasteiger partial charge >= 0.3 is 0 Å². The van der Waals surface area contributed by atoms with Crippen LogP contribution in [0.25, 0.3) is 0 Å². The van der Waals surface area contributed by atoms with Crippen LogP contribution in [0.1, 0.15) is 32.6 Å². The van der Waals surface area contributed by atoms with Crippen LogP contribution in [-0.4, -0.2) is 50.6 Å². The molecule has 2 fully saturated rings. The first-order valence-electron chi connectivity index (χ1n) is 7.22. The van der Waals surface area contributed by atoms with Crippen molar-refractivity contribution in [3.05, 3.63) is 0 Å². The van der Waals surface area contributed by atoms with Crippen LogP contribution in [0.5, 0.6) is 0 Å². The van der Waals surface area contributed by atoms with E-state index in [9.17, 15) is 4.79 Å². The van der Waals surface area contributed by atoms with E-state index in [0.717, 1.165) is 26.1 Å². The molecule has 1 aliphatic heterocycles. The average molecular weight is 326 g/mol. The summed E-state index contributed by atoms with van der Waals surface area (Å²) in [6.07, 6.45) is 4.76. The molecule has 1 aliphatic carbocycles. The Balaban J connectivity index is 0.00000180. The third-order valence-electron chi connectivity index (χ3n) is 4.93. The summed E-state index contributed by atoms with van der Waals surface area (Å²) >= 11 is 0. The standard InChI is InChI=1S/C14H27N3O.2ClH/c1-11(17(2)3)8-16-13(18)14-7-5-4-6-12(14)9-15-10-14;;/h11-12,15H,4-10H2,1-3H3,(H,16,18);2*1H/t11?,12-,14+;;/m0../s1. The van der Waals surface area contributed by atoms with Crippen molar-refractivity contribution in [2.45, 2.75) is 38.6 Å². The molecule has 2 aliphatic rings. The molecule has 3 atom stereocenters. The zero-order valence-electron chi connectivity index (χ0n) is 12.8. The largest absolute Gasteiger partial charge is 0.354 e. The van der Waals surface area contributed by atoms with Crippen molar-refractivity contribution in [1.82, 2.24) is 15.5 Å². The number of hydrogen-bond donors (Lipinski definition) is 2. The highest BCUT2D eigenvalue weighted by atomic mass is 35.5. The Bertz CT molecular complexity index is 315. The summed E-state index contributed by atoms with van der Waals surface area (Å²) < 4.78 is 0. The Morgan fingerprint density at radius 3 is 2.75 bits per heavy atom. The van der Waals surface area contributed by atoms with Crippen LogP contribution in [0.15, 0.2) is 0 Å². The fraction of sp³-hybridized carbons (Fsp3) is 0.929. The molecule has 20 heavy (non-hydrogen) atoms. The van der Waals surface area contributed by atoms with E-state index in [1.54, 1.807) is 0 Å². The monoisotopic (exact) mass is 325 g/mol. The number of likely N-dealkylation sites (N-methyl/N-ethyl adjacent to an activating group) is 1. The van der Waals surface area contributed by atoms with E-state index in [-0.39, 0.29) is 36.1 Å². The fourth-order valence-electron chi connectivity index (χ4n) is 3.29. The molecular formula is C14H29Cl2N3O. The van der Waals surface area contributed by atoms with Gasteiger partial charge < -0.3 is 15.5 Å². The zero-order valence-corrected chi connectivity index (χ0v) is 14.4. The van der Waals surface area contributed by atoms with Crippen molar-refractivity contribution in [3.63, 3.8) is 0 Å². The maximum absolute atomic E-state index is 12.6. The summed E-state index contributed by atoms with van der Waals surface area (Å²) in [5.74, 6) is 0.840. The Morgan fingerprint density at radius 1 is 1.40 bits per heavy atom. The summed E-state index contributed by atoms with van der Waals surface area (Å²) in [6.45, 7) is 4.79. The Labute approximate surface area is 135 Å². The van der Waals surface area contributed by atoms with Crippen molar-refractivity contribution < 1.29 is 4.79 Å². The summed E-state index contributed by atoms with van der Waals surface area (Å²) in [5.41, 5.74) is -0.107. The molecule has 1 amide bonds. The molecule has 1 unspecified atom stereocenters. The van der Waals surface area contributed by atoms with Crippen molar-refractivity contribution in [1.29, 1.82) is 0 Å². The molecule has 1 saturated carbocycles. The van der Waals surface area contributed by atoms with E-state index < -0.39 is 0 Å². The number of hydrogen-bond acceptors (Lipinski definition) is 3. The normalized spacial score (nSPS) is 29.9. The van der Waals surface area contributed by atoms with Crippen molar-refractivity contribution >= 4 is 30.7 Å².